The minimum absolute atomic E-state index is 0.361. The Morgan fingerprint density at radius 1 is 1.24 bits per heavy atom. The molecular formula is C18H22BrNO. The number of hydrogen-bond donors (Lipinski definition) is 1. The Labute approximate surface area is 135 Å². The average Bonchev–Trinajstić information content (AvgIpc) is 2.54. The first kappa shape index (κ1) is 15.0. The monoisotopic (exact) mass is 347 g/mol. The molecule has 0 spiro atoms. The quantitative estimate of drug-likeness (QED) is 0.824. The summed E-state index contributed by atoms with van der Waals surface area (Å²) in [5.74, 6) is 0. The molecule has 0 radical (unpaired) electrons. The molecule has 1 aliphatic heterocycles. The van der Waals surface area contributed by atoms with E-state index in [9.17, 15) is 0 Å². The van der Waals surface area contributed by atoms with Crippen LogP contribution in [0.15, 0.2) is 36.4 Å². The molecule has 1 unspecified atom stereocenters. The molecule has 0 saturated carbocycles. The first-order valence-corrected chi connectivity index (χ1v) is 8.88. The normalized spacial score (nSPS) is 19.0. The van der Waals surface area contributed by atoms with Crippen molar-refractivity contribution in [1.82, 2.24) is 5.32 Å². The first-order valence-electron chi connectivity index (χ1n) is 7.75. The zero-order chi connectivity index (χ0) is 14.5. The van der Waals surface area contributed by atoms with E-state index in [1.54, 1.807) is 0 Å². The molecule has 1 N–H and O–H groups in total. The van der Waals surface area contributed by atoms with Crippen molar-refractivity contribution in [3.05, 3.63) is 47.5 Å². The SMILES string of the molecule is BrCCc1ccc2cccc(COC3CCCNC3)c2c1. The maximum atomic E-state index is 6.11. The fraction of sp³-hybridized carbons (Fsp3) is 0.444. The van der Waals surface area contributed by atoms with Crippen molar-refractivity contribution >= 4 is 26.7 Å². The highest BCUT2D eigenvalue weighted by Crippen LogP contribution is 2.22. The predicted molar refractivity (Wildman–Crippen MR) is 92.1 cm³/mol. The molecule has 1 saturated heterocycles. The standard InChI is InChI=1S/C18H22BrNO/c19-9-8-14-6-7-15-3-1-4-16(18(15)11-14)13-21-17-5-2-10-20-12-17/h1,3-4,6-7,11,17,20H,2,5,8-10,12-13H2. The molecule has 0 aromatic heterocycles. The topological polar surface area (TPSA) is 21.3 Å². The van der Waals surface area contributed by atoms with Crippen LogP contribution in [0.4, 0.5) is 0 Å². The van der Waals surface area contributed by atoms with E-state index in [0.717, 1.165) is 24.8 Å². The molecule has 1 fully saturated rings. The van der Waals surface area contributed by atoms with Crippen molar-refractivity contribution in [1.29, 1.82) is 0 Å². The van der Waals surface area contributed by atoms with Crippen LogP contribution >= 0.6 is 15.9 Å². The molecule has 2 aromatic carbocycles. The van der Waals surface area contributed by atoms with Gasteiger partial charge in [-0.2, -0.15) is 0 Å². The van der Waals surface area contributed by atoms with E-state index in [0.29, 0.717) is 12.7 Å². The second kappa shape index (κ2) is 7.39. The molecule has 1 aliphatic rings. The first-order chi connectivity index (χ1) is 10.4. The fourth-order valence-electron chi connectivity index (χ4n) is 2.94. The molecular weight excluding hydrogens is 326 g/mol. The van der Waals surface area contributed by atoms with Crippen LogP contribution in [0.25, 0.3) is 10.8 Å². The van der Waals surface area contributed by atoms with Crippen molar-refractivity contribution in [2.75, 3.05) is 18.4 Å². The Morgan fingerprint density at radius 2 is 2.19 bits per heavy atom. The number of benzene rings is 2. The fourth-order valence-corrected chi connectivity index (χ4v) is 3.40. The summed E-state index contributed by atoms with van der Waals surface area (Å²) < 4.78 is 6.11. The Morgan fingerprint density at radius 3 is 3.00 bits per heavy atom. The van der Waals surface area contributed by atoms with Gasteiger partial charge in [0, 0.05) is 11.9 Å². The Balaban J connectivity index is 1.78. The van der Waals surface area contributed by atoms with Gasteiger partial charge in [-0.25, -0.2) is 0 Å². The largest absolute Gasteiger partial charge is 0.372 e. The minimum Gasteiger partial charge on any atom is -0.372 e. The second-order valence-electron chi connectivity index (χ2n) is 5.69. The van der Waals surface area contributed by atoms with E-state index < -0.39 is 0 Å². The van der Waals surface area contributed by atoms with Crippen LogP contribution in [-0.4, -0.2) is 24.5 Å². The van der Waals surface area contributed by atoms with Crippen LogP contribution in [0.3, 0.4) is 0 Å². The third kappa shape index (κ3) is 3.85. The van der Waals surface area contributed by atoms with Gasteiger partial charge in [-0.1, -0.05) is 52.3 Å². The lowest BCUT2D eigenvalue weighted by atomic mass is 10.0. The molecule has 1 heterocycles. The number of hydrogen-bond acceptors (Lipinski definition) is 2. The third-order valence-corrected chi connectivity index (χ3v) is 4.54. The van der Waals surface area contributed by atoms with E-state index in [1.807, 2.05) is 0 Å². The smallest absolute Gasteiger partial charge is 0.0727 e. The zero-order valence-electron chi connectivity index (χ0n) is 12.3. The number of piperidine rings is 1. The van der Waals surface area contributed by atoms with Gasteiger partial charge in [-0.15, -0.1) is 0 Å². The van der Waals surface area contributed by atoms with Crippen LogP contribution in [0.2, 0.25) is 0 Å². The lowest BCUT2D eigenvalue weighted by Gasteiger charge is -2.23. The van der Waals surface area contributed by atoms with E-state index >= 15 is 0 Å². The van der Waals surface area contributed by atoms with Crippen molar-refractivity contribution in [2.45, 2.75) is 32.0 Å². The summed E-state index contributed by atoms with van der Waals surface area (Å²) in [6.07, 6.45) is 3.82. The van der Waals surface area contributed by atoms with E-state index in [-0.39, 0.29) is 0 Å². The van der Waals surface area contributed by atoms with Gasteiger partial charge in [0.15, 0.2) is 0 Å². The van der Waals surface area contributed by atoms with E-state index in [4.69, 9.17) is 4.74 Å². The van der Waals surface area contributed by atoms with Crippen LogP contribution < -0.4 is 5.32 Å². The summed E-state index contributed by atoms with van der Waals surface area (Å²) in [5, 5.41) is 7.04. The number of nitrogens with one attached hydrogen (secondary N) is 1. The molecule has 2 nitrogen and oxygen atoms in total. The summed E-state index contributed by atoms with van der Waals surface area (Å²) in [5.41, 5.74) is 2.68. The maximum absolute atomic E-state index is 6.11. The van der Waals surface area contributed by atoms with Crippen molar-refractivity contribution in [3.63, 3.8) is 0 Å². The molecule has 3 heteroatoms. The molecule has 0 aliphatic carbocycles. The highest BCUT2D eigenvalue weighted by Gasteiger charge is 2.13. The number of alkyl halides is 1. The highest BCUT2D eigenvalue weighted by molar-refractivity contribution is 9.09. The zero-order valence-corrected chi connectivity index (χ0v) is 13.9. The number of fused-ring (bicyclic) bond motifs is 1. The van der Waals surface area contributed by atoms with Crippen LogP contribution in [0.5, 0.6) is 0 Å². The summed E-state index contributed by atoms with van der Waals surface area (Å²) in [6, 6.07) is 13.3. The maximum Gasteiger partial charge on any atom is 0.0727 e. The molecule has 2 aromatic rings. The Kier molecular flexibility index (Phi) is 5.28. The third-order valence-electron chi connectivity index (χ3n) is 4.15. The highest BCUT2D eigenvalue weighted by atomic mass is 79.9. The molecule has 3 rings (SSSR count). The average molecular weight is 348 g/mol. The molecule has 0 amide bonds. The van der Waals surface area contributed by atoms with Crippen LogP contribution in [-0.2, 0) is 17.8 Å². The minimum atomic E-state index is 0.361. The van der Waals surface area contributed by atoms with Gasteiger partial charge in [-0.05, 0) is 47.7 Å². The van der Waals surface area contributed by atoms with E-state index in [2.05, 4.69) is 57.6 Å². The van der Waals surface area contributed by atoms with Gasteiger partial charge >= 0.3 is 0 Å². The van der Waals surface area contributed by atoms with Crippen LogP contribution in [0.1, 0.15) is 24.0 Å². The molecule has 0 bridgehead atoms. The van der Waals surface area contributed by atoms with Gasteiger partial charge in [0.2, 0.25) is 0 Å². The lowest BCUT2D eigenvalue weighted by Crippen LogP contribution is -2.35. The summed E-state index contributed by atoms with van der Waals surface area (Å²) >= 11 is 3.52. The number of ether oxygens (including phenoxy) is 1. The van der Waals surface area contributed by atoms with Gasteiger partial charge in [0.05, 0.1) is 12.7 Å². The van der Waals surface area contributed by atoms with E-state index in [1.165, 1.54) is 34.7 Å². The number of aryl methyl sites for hydroxylation is 1. The van der Waals surface area contributed by atoms with Gasteiger partial charge in [-0.3, -0.25) is 0 Å². The Hall–Kier alpha value is -0.900. The molecule has 21 heavy (non-hydrogen) atoms. The van der Waals surface area contributed by atoms with Gasteiger partial charge < -0.3 is 10.1 Å². The van der Waals surface area contributed by atoms with Crippen LogP contribution in [0, 0.1) is 0 Å². The molecule has 1 atom stereocenters. The Bertz CT molecular complexity index is 593. The second-order valence-corrected chi connectivity index (χ2v) is 6.48. The van der Waals surface area contributed by atoms with Crippen molar-refractivity contribution < 1.29 is 4.74 Å². The number of rotatable bonds is 5. The molecule has 112 valence electrons. The number of halogens is 1. The predicted octanol–water partition coefficient (Wildman–Crippen LogP) is 4.05. The lowest BCUT2D eigenvalue weighted by molar-refractivity contribution is 0.0258. The summed E-state index contributed by atoms with van der Waals surface area (Å²) in [4.78, 5) is 0. The summed E-state index contributed by atoms with van der Waals surface area (Å²) in [6.45, 7) is 2.82. The van der Waals surface area contributed by atoms with Crippen molar-refractivity contribution in [2.24, 2.45) is 0 Å². The summed E-state index contributed by atoms with van der Waals surface area (Å²) in [7, 11) is 0. The van der Waals surface area contributed by atoms with Gasteiger partial charge in [0.1, 0.15) is 0 Å². The van der Waals surface area contributed by atoms with Gasteiger partial charge in [0.25, 0.3) is 0 Å². The van der Waals surface area contributed by atoms with Crippen molar-refractivity contribution in [3.8, 4) is 0 Å².